The summed E-state index contributed by atoms with van der Waals surface area (Å²) in [6, 6.07) is 31.9. The molecule has 5 aromatic carbocycles. The van der Waals surface area contributed by atoms with Gasteiger partial charge in [0.1, 0.15) is 0 Å². The van der Waals surface area contributed by atoms with E-state index in [1.807, 2.05) is 0 Å². The monoisotopic (exact) mass is 498 g/mol. The van der Waals surface area contributed by atoms with E-state index in [4.69, 9.17) is 0 Å². The smallest absolute Gasteiger partial charge is 0.00648 e. The molecular formula is C39H30. The summed E-state index contributed by atoms with van der Waals surface area (Å²) < 4.78 is 0. The molecule has 186 valence electrons. The van der Waals surface area contributed by atoms with Crippen LogP contribution in [-0.2, 0) is 0 Å². The molecule has 0 spiro atoms. The molecule has 3 aliphatic carbocycles. The van der Waals surface area contributed by atoms with E-state index in [-0.39, 0.29) is 0 Å². The number of rotatable bonds is 2. The van der Waals surface area contributed by atoms with Gasteiger partial charge >= 0.3 is 0 Å². The van der Waals surface area contributed by atoms with Crippen LogP contribution in [0.3, 0.4) is 0 Å². The van der Waals surface area contributed by atoms with Crippen molar-refractivity contribution in [3.63, 3.8) is 0 Å². The highest BCUT2D eigenvalue weighted by Crippen LogP contribution is 2.47. The summed E-state index contributed by atoms with van der Waals surface area (Å²) in [4.78, 5) is 0. The van der Waals surface area contributed by atoms with E-state index in [0.717, 1.165) is 19.3 Å². The number of aryl methyl sites for hydroxylation is 1. The molecule has 39 heavy (non-hydrogen) atoms. The Hall–Kier alpha value is -4.42. The van der Waals surface area contributed by atoms with Crippen molar-refractivity contribution in [1.82, 2.24) is 0 Å². The molecule has 0 aliphatic heterocycles. The number of allylic oxidation sites excluding steroid dienone is 10. The van der Waals surface area contributed by atoms with Gasteiger partial charge in [0, 0.05) is 5.92 Å². The second kappa shape index (κ2) is 8.82. The molecule has 8 rings (SSSR count). The third-order valence-corrected chi connectivity index (χ3v) is 8.88. The lowest BCUT2D eigenvalue weighted by molar-refractivity contribution is 0.755. The Morgan fingerprint density at radius 2 is 1.46 bits per heavy atom. The quantitative estimate of drug-likeness (QED) is 0.168. The molecule has 0 aromatic heterocycles. The van der Waals surface area contributed by atoms with Crippen molar-refractivity contribution < 1.29 is 0 Å². The van der Waals surface area contributed by atoms with Crippen molar-refractivity contribution in [3.8, 4) is 11.1 Å². The molecule has 0 heterocycles. The van der Waals surface area contributed by atoms with Crippen LogP contribution in [0.1, 0.15) is 30.4 Å². The van der Waals surface area contributed by atoms with Crippen LogP contribution in [0.5, 0.6) is 0 Å². The van der Waals surface area contributed by atoms with Crippen LogP contribution in [0.15, 0.2) is 138 Å². The first-order chi connectivity index (χ1) is 19.2. The Morgan fingerprint density at radius 1 is 0.641 bits per heavy atom. The maximum absolute atomic E-state index is 2.47. The Labute approximate surface area is 230 Å². The van der Waals surface area contributed by atoms with E-state index < -0.39 is 0 Å². The van der Waals surface area contributed by atoms with Crippen LogP contribution < -0.4 is 0 Å². The maximum atomic E-state index is 2.47. The third kappa shape index (κ3) is 3.59. The highest BCUT2D eigenvalue weighted by Gasteiger charge is 2.28. The lowest BCUT2D eigenvalue weighted by atomic mass is 9.72. The molecule has 3 aliphatic rings. The topological polar surface area (TPSA) is 0 Å². The number of hydrogen-bond acceptors (Lipinski definition) is 0. The zero-order valence-electron chi connectivity index (χ0n) is 22.2. The fourth-order valence-corrected chi connectivity index (χ4v) is 7.17. The molecule has 0 bridgehead atoms. The van der Waals surface area contributed by atoms with Gasteiger partial charge in [0.15, 0.2) is 0 Å². The first kappa shape index (κ1) is 22.6. The first-order valence-corrected chi connectivity index (χ1v) is 14.2. The highest BCUT2D eigenvalue weighted by molar-refractivity contribution is 6.20. The molecule has 0 amide bonds. The van der Waals surface area contributed by atoms with E-state index >= 15 is 0 Å². The summed E-state index contributed by atoms with van der Waals surface area (Å²) >= 11 is 0. The first-order valence-electron chi connectivity index (χ1n) is 14.2. The lowest BCUT2D eigenvalue weighted by Crippen LogP contribution is -2.15. The summed E-state index contributed by atoms with van der Waals surface area (Å²) in [5.41, 5.74) is 11.4. The van der Waals surface area contributed by atoms with Crippen LogP contribution >= 0.6 is 0 Å². The van der Waals surface area contributed by atoms with Gasteiger partial charge in [0.05, 0.1) is 0 Å². The molecule has 0 fully saturated rings. The molecule has 1 atom stereocenters. The summed E-state index contributed by atoms with van der Waals surface area (Å²) in [5, 5.41) is 7.88. The molecule has 0 heteroatoms. The fraction of sp³-hybridized carbons (Fsp3) is 0.128. The molecule has 1 unspecified atom stereocenters. The van der Waals surface area contributed by atoms with Crippen molar-refractivity contribution in [1.29, 1.82) is 0 Å². The van der Waals surface area contributed by atoms with Gasteiger partial charge in [-0.3, -0.25) is 0 Å². The Morgan fingerprint density at radius 3 is 2.38 bits per heavy atom. The third-order valence-electron chi connectivity index (χ3n) is 8.88. The van der Waals surface area contributed by atoms with Gasteiger partial charge in [-0.25, -0.2) is 0 Å². The molecular weight excluding hydrogens is 468 g/mol. The number of hydrogen-bond donors (Lipinski definition) is 0. The largest absolute Gasteiger partial charge is 0.0836 e. The van der Waals surface area contributed by atoms with E-state index in [0.29, 0.717) is 5.92 Å². The van der Waals surface area contributed by atoms with Crippen molar-refractivity contribution in [2.24, 2.45) is 5.92 Å². The maximum Gasteiger partial charge on any atom is 0.00648 e. The predicted octanol–water partition coefficient (Wildman–Crippen LogP) is 10.7. The van der Waals surface area contributed by atoms with Crippen LogP contribution in [0, 0.1) is 12.8 Å². The SMILES string of the molecule is Cc1cc(C2=C3C=CCCC3=C3C=CC=CC3C2)cc(-c2c3ccccc3cc3c2ccc2ccccc23)c1. The fourth-order valence-electron chi connectivity index (χ4n) is 7.17. The van der Waals surface area contributed by atoms with Gasteiger partial charge in [-0.2, -0.15) is 0 Å². The van der Waals surface area contributed by atoms with Crippen molar-refractivity contribution >= 4 is 37.9 Å². The second-order valence-electron chi connectivity index (χ2n) is 11.3. The van der Waals surface area contributed by atoms with Gasteiger partial charge in [-0.1, -0.05) is 109 Å². The van der Waals surface area contributed by atoms with Gasteiger partial charge < -0.3 is 0 Å². The standard InChI is InChI=1S/C39H30/c1-25-20-29(37-23-27-11-3-6-14-32(27)34-16-8-9-17-35(34)37)22-30(21-25)39-33-15-7-4-12-28(33)24-38-31-13-5-2-10-26(31)18-19-36(38)39/h2-7,9-15,17-22,24,27H,8,16,23H2,1H3. The minimum atomic E-state index is 0.476. The van der Waals surface area contributed by atoms with E-state index in [1.165, 1.54) is 71.3 Å². The van der Waals surface area contributed by atoms with Gasteiger partial charge in [0.25, 0.3) is 0 Å². The zero-order valence-corrected chi connectivity index (χ0v) is 22.2. The number of fused-ring (bicyclic) bond motifs is 6. The minimum absolute atomic E-state index is 0.476. The molecule has 5 aromatic rings. The second-order valence-corrected chi connectivity index (χ2v) is 11.3. The van der Waals surface area contributed by atoms with Crippen LogP contribution in [0.2, 0.25) is 0 Å². The van der Waals surface area contributed by atoms with E-state index in [1.54, 1.807) is 5.57 Å². The Bertz CT molecular complexity index is 1990. The molecule has 0 saturated carbocycles. The minimum Gasteiger partial charge on any atom is -0.0836 e. The van der Waals surface area contributed by atoms with Crippen LogP contribution in [0.4, 0.5) is 0 Å². The van der Waals surface area contributed by atoms with Gasteiger partial charge in [-0.15, -0.1) is 0 Å². The van der Waals surface area contributed by atoms with Crippen LogP contribution in [0.25, 0.3) is 49.0 Å². The lowest BCUT2D eigenvalue weighted by Gasteiger charge is -2.32. The van der Waals surface area contributed by atoms with Gasteiger partial charge in [-0.05, 0) is 115 Å². The van der Waals surface area contributed by atoms with Crippen molar-refractivity contribution in [3.05, 3.63) is 149 Å². The van der Waals surface area contributed by atoms with Crippen molar-refractivity contribution in [2.45, 2.75) is 26.2 Å². The van der Waals surface area contributed by atoms with Crippen molar-refractivity contribution in [2.75, 3.05) is 0 Å². The zero-order chi connectivity index (χ0) is 25.9. The van der Waals surface area contributed by atoms with Crippen LogP contribution in [-0.4, -0.2) is 0 Å². The average molecular weight is 499 g/mol. The molecule has 0 radical (unpaired) electrons. The van der Waals surface area contributed by atoms with Gasteiger partial charge in [0.2, 0.25) is 0 Å². The molecule has 0 saturated heterocycles. The Balaban J connectivity index is 1.41. The normalized spacial score (nSPS) is 18.3. The summed E-state index contributed by atoms with van der Waals surface area (Å²) in [6.07, 6.45) is 17.3. The predicted molar refractivity (Wildman–Crippen MR) is 168 cm³/mol. The summed E-state index contributed by atoms with van der Waals surface area (Å²) in [5.74, 6) is 0.476. The summed E-state index contributed by atoms with van der Waals surface area (Å²) in [7, 11) is 0. The van der Waals surface area contributed by atoms with E-state index in [2.05, 4.69) is 128 Å². The molecule has 0 nitrogen and oxygen atoms in total. The highest BCUT2D eigenvalue weighted by atomic mass is 14.3. The average Bonchev–Trinajstić information content (AvgIpc) is 2.99. The Kier molecular flexibility index (Phi) is 5.10. The number of benzene rings is 5. The summed E-state index contributed by atoms with van der Waals surface area (Å²) in [6.45, 7) is 2.26. The molecule has 0 N–H and O–H groups in total. The van der Waals surface area contributed by atoms with E-state index in [9.17, 15) is 0 Å².